The molecule has 1 aromatic heterocycles. The van der Waals surface area contributed by atoms with Gasteiger partial charge in [-0.1, -0.05) is 37.3 Å². The Labute approximate surface area is 312 Å². The Bertz CT molecular complexity index is 1610. The number of hydrogen-bond donors (Lipinski definition) is 2. The molecule has 2 N–H and O–H groups in total. The van der Waals surface area contributed by atoms with Gasteiger partial charge >= 0.3 is 0 Å². The molecule has 2 aliphatic heterocycles. The minimum absolute atomic E-state index is 0.0422. The molecule has 2 unspecified atom stereocenters. The predicted octanol–water partition coefficient (Wildman–Crippen LogP) is 2.27. The topological polar surface area (TPSA) is 140 Å². The lowest BCUT2D eigenvalue weighted by atomic mass is 10.1. The van der Waals surface area contributed by atoms with Crippen molar-refractivity contribution in [1.29, 1.82) is 0 Å². The van der Waals surface area contributed by atoms with Crippen LogP contribution in [0.5, 0.6) is 0 Å². The van der Waals surface area contributed by atoms with Gasteiger partial charge in [-0.15, -0.1) is 0 Å². The average molecular weight is 739 g/mol. The van der Waals surface area contributed by atoms with Crippen molar-refractivity contribution in [1.82, 2.24) is 24.3 Å². The predicted molar refractivity (Wildman–Crippen MR) is 203 cm³/mol. The molecule has 292 valence electrons. The largest absolute Gasteiger partial charge is 0.379 e. The lowest BCUT2D eigenvalue weighted by molar-refractivity contribution is -0.122. The lowest BCUT2D eigenvalue weighted by Gasteiger charge is -2.32. The van der Waals surface area contributed by atoms with E-state index in [0.29, 0.717) is 135 Å². The molecule has 3 heterocycles. The highest BCUT2D eigenvalue weighted by Gasteiger charge is 2.25. The number of carbonyl (C=O) groups excluding carboxylic acids is 1. The molecule has 2 saturated heterocycles. The number of nitrogens with zero attached hydrogens (tertiary/aromatic N) is 5. The third-order valence-corrected chi connectivity index (χ3v) is 9.87. The first-order valence-electron chi connectivity index (χ1n) is 19.0. The summed E-state index contributed by atoms with van der Waals surface area (Å²) in [6.07, 6.45) is -0.193. The number of benzene rings is 2. The van der Waals surface area contributed by atoms with E-state index < -0.39 is 6.23 Å². The summed E-state index contributed by atoms with van der Waals surface area (Å²) in [5.74, 6) is 0.542. The Kier molecular flexibility index (Phi) is 16.6. The standard InChI is InChI=1S/C39H58N6O8/c1-4-34(38(47)40-33-11-6-5-8-30(33)2)43-14-20-52-26-24-50-18-12-42(13-19-51-25-27-53-21-15-43)28-35-41-37-31(3)9-7-10-32(37)39(48)45(35)29-36(46)44-16-22-49-23-17-44/h5-11,34,36,46H,4,12-29H2,1-3H3,(H,40,47). The maximum absolute atomic E-state index is 13.9. The molecule has 5 rings (SSSR count). The molecule has 53 heavy (non-hydrogen) atoms. The van der Waals surface area contributed by atoms with E-state index >= 15 is 0 Å². The van der Waals surface area contributed by atoms with Crippen LogP contribution < -0.4 is 10.9 Å². The molecule has 0 spiro atoms. The minimum Gasteiger partial charge on any atom is -0.379 e. The summed E-state index contributed by atoms with van der Waals surface area (Å²) in [6.45, 7) is 14.5. The molecule has 1 amide bonds. The summed E-state index contributed by atoms with van der Waals surface area (Å²) in [5.41, 5.74) is 3.26. The van der Waals surface area contributed by atoms with Crippen molar-refractivity contribution < 1.29 is 33.6 Å². The van der Waals surface area contributed by atoms with E-state index in [-0.39, 0.29) is 24.1 Å². The van der Waals surface area contributed by atoms with E-state index in [2.05, 4.69) is 15.1 Å². The Morgan fingerprint density at radius 1 is 0.755 bits per heavy atom. The summed E-state index contributed by atoms with van der Waals surface area (Å²) < 4.78 is 31.0. The number of fused-ring (bicyclic) bond motifs is 1. The number of anilines is 1. The van der Waals surface area contributed by atoms with Gasteiger partial charge < -0.3 is 34.1 Å². The van der Waals surface area contributed by atoms with Gasteiger partial charge in [-0.05, 0) is 43.5 Å². The van der Waals surface area contributed by atoms with Gasteiger partial charge in [-0.3, -0.25) is 28.9 Å². The zero-order valence-corrected chi connectivity index (χ0v) is 31.7. The normalized spacial score (nSPS) is 20.0. The SMILES string of the molecule is CCC(C(=O)Nc1ccccc1C)N1CCOCCOCCN(Cc2nc3c(C)cccc3c(=O)n2CC(O)N2CCOCC2)CCOCCOCC1. The van der Waals surface area contributed by atoms with Crippen LogP contribution in [0.1, 0.15) is 30.3 Å². The number of aromatic nitrogens is 2. The molecule has 0 aliphatic carbocycles. The van der Waals surface area contributed by atoms with Crippen molar-refractivity contribution in [3.8, 4) is 0 Å². The van der Waals surface area contributed by atoms with Gasteiger partial charge in [0.25, 0.3) is 5.56 Å². The number of hydrogen-bond acceptors (Lipinski definition) is 12. The summed E-state index contributed by atoms with van der Waals surface area (Å²) in [5, 5.41) is 14.8. The highest BCUT2D eigenvalue weighted by molar-refractivity contribution is 5.95. The number of aryl methyl sites for hydroxylation is 2. The summed E-state index contributed by atoms with van der Waals surface area (Å²) in [4.78, 5) is 38.5. The van der Waals surface area contributed by atoms with Crippen LogP contribution in [-0.4, -0.2) is 153 Å². The zero-order chi connectivity index (χ0) is 37.4. The number of amides is 1. The van der Waals surface area contributed by atoms with E-state index in [1.807, 2.05) is 62.1 Å². The van der Waals surface area contributed by atoms with Crippen LogP contribution in [0, 0.1) is 13.8 Å². The maximum Gasteiger partial charge on any atom is 0.261 e. The molecule has 0 bridgehead atoms. The fourth-order valence-electron chi connectivity index (χ4n) is 6.72. The molecule has 2 aliphatic rings. The summed E-state index contributed by atoms with van der Waals surface area (Å²) >= 11 is 0. The van der Waals surface area contributed by atoms with E-state index in [1.54, 1.807) is 10.6 Å². The van der Waals surface area contributed by atoms with Gasteiger partial charge in [0.2, 0.25) is 5.91 Å². The van der Waals surface area contributed by atoms with E-state index in [9.17, 15) is 14.7 Å². The van der Waals surface area contributed by atoms with E-state index in [4.69, 9.17) is 28.7 Å². The number of nitrogens with one attached hydrogen (secondary N) is 1. The van der Waals surface area contributed by atoms with Gasteiger partial charge in [0.15, 0.2) is 0 Å². The van der Waals surface area contributed by atoms with Gasteiger partial charge in [-0.2, -0.15) is 0 Å². The Balaban J connectivity index is 1.21. The van der Waals surface area contributed by atoms with Crippen LogP contribution in [-0.2, 0) is 41.6 Å². The molecule has 0 radical (unpaired) electrons. The fraction of sp³-hybridized carbons (Fsp3) is 0.615. The smallest absolute Gasteiger partial charge is 0.261 e. The van der Waals surface area contributed by atoms with Crippen LogP contribution in [0.2, 0.25) is 0 Å². The third kappa shape index (κ3) is 12.1. The van der Waals surface area contributed by atoms with Gasteiger partial charge in [0, 0.05) is 45.0 Å². The number of ether oxygens (including phenoxy) is 5. The highest BCUT2D eigenvalue weighted by atomic mass is 16.5. The number of rotatable bonds is 9. The maximum atomic E-state index is 13.9. The van der Waals surface area contributed by atoms with Crippen LogP contribution in [0.4, 0.5) is 5.69 Å². The first-order valence-corrected chi connectivity index (χ1v) is 19.0. The van der Waals surface area contributed by atoms with Gasteiger partial charge in [0.05, 0.1) is 96.1 Å². The number of aliphatic hydroxyl groups is 1. The second-order valence-electron chi connectivity index (χ2n) is 13.5. The fourth-order valence-corrected chi connectivity index (χ4v) is 6.72. The van der Waals surface area contributed by atoms with Gasteiger partial charge in [0.1, 0.15) is 12.1 Å². The third-order valence-electron chi connectivity index (χ3n) is 9.87. The molecular weight excluding hydrogens is 680 g/mol. The average Bonchev–Trinajstić information content (AvgIpc) is 3.16. The monoisotopic (exact) mass is 738 g/mol. The lowest BCUT2D eigenvalue weighted by Crippen LogP contribution is -2.47. The van der Waals surface area contributed by atoms with Crippen molar-refractivity contribution in [2.24, 2.45) is 0 Å². The van der Waals surface area contributed by atoms with E-state index in [0.717, 1.165) is 16.8 Å². The Morgan fingerprint density at radius 3 is 1.91 bits per heavy atom. The molecule has 14 heteroatoms. The highest BCUT2D eigenvalue weighted by Crippen LogP contribution is 2.17. The molecule has 3 aromatic rings. The van der Waals surface area contributed by atoms with Crippen molar-refractivity contribution in [2.75, 3.05) is 111 Å². The summed E-state index contributed by atoms with van der Waals surface area (Å²) in [7, 11) is 0. The molecule has 2 aromatic carbocycles. The molecule has 0 saturated carbocycles. The number of aliphatic hydroxyl groups excluding tert-OH is 1. The van der Waals surface area contributed by atoms with Crippen LogP contribution in [0.3, 0.4) is 0 Å². The van der Waals surface area contributed by atoms with Crippen LogP contribution >= 0.6 is 0 Å². The molecule has 2 fully saturated rings. The van der Waals surface area contributed by atoms with Crippen molar-refractivity contribution >= 4 is 22.5 Å². The van der Waals surface area contributed by atoms with Gasteiger partial charge in [-0.25, -0.2) is 4.98 Å². The number of morpholine rings is 1. The molecule has 14 nitrogen and oxygen atoms in total. The van der Waals surface area contributed by atoms with Crippen LogP contribution in [0.25, 0.3) is 10.9 Å². The first kappa shape index (κ1) is 40.9. The second-order valence-corrected chi connectivity index (χ2v) is 13.5. The molecular formula is C39H58N6O8. The Morgan fingerprint density at radius 2 is 1.30 bits per heavy atom. The van der Waals surface area contributed by atoms with Crippen molar-refractivity contribution in [2.45, 2.75) is 52.6 Å². The number of para-hydroxylation sites is 2. The van der Waals surface area contributed by atoms with Crippen molar-refractivity contribution in [3.05, 3.63) is 69.8 Å². The Hall–Kier alpha value is -3.31. The van der Waals surface area contributed by atoms with Crippen LogP contribution in [0.15, 0.2) is 47.3 Å². The first-order chi connectivity index (χ1) is 25.9. The summed E-state index contributed by atoms with van der Waals surface area (Å²) in [6, 6.07) is 13.1. The number of carbonyl (C=O) groups is 1. The van der Waals surface area contributed by atoms with Crippen molar-refractivity contribution in [3.63, 3.8) is 0 Å². The zero-order valence-electron chi connectivity index (χ0n) is 31.7. The van der Waals surface area contributed by atoms with E-state index in [1.165, 1.54) is 0 Å². The molecule has 2 atom stereocenters. The quantitative estimate of drug-likeness (QED) is 0.333. The second kappa shape index (κ2) is 21.5. The minimum atomic E-state index is -0.845.